The van der Waals surface area contributed by atoms with Crippen molar-refractivity contribution in [1.29, 1.82) is 0 Å². The second-order valence-electron chi connectivity index (χ2n) is 7.54. The Morgan fingerprint density at radius 3 is 2.12 bits per heavy atom. The average molecular weight is 554 g/mol. The first-order valence-electron chi connectivity index (χ1n) is 10.0. The molecule has 166 valence electrons. The molecule has 3 N–H and O–H groups in total. The van der Waals surface area contributed by atoms with Gasteiger partial charge in [0.1, 0.15) is 18.1 Å². The monoisotopic (exact) mass is 554 g/mol. The number of carboxylic acid groups (broad SMARTS) is 1. The number of hydrogen-bond donors (Lipinski definition) is 3. The predicted molar refractivity (Wildman–Crippen MR) is 132 cm³/mol. The van der Waals surface area contributed by atoms with Crippen molar-refractivity contribution in [2.75, 3.05) is 0 Å². The summed E-state index contributed by atoms with van der Waals surface area (Å²) in [6.07, 6.45) is 0.189. The molecule has 6 nitrogen and oxygen atoms in total. The summed E-state index contributed by atoms with van der Waals surface area (Å²) >= 11 is 2.20. The van der Waals surface area contributed by atoms with Gasteiger partial charge >= 0.3 is 11.9 Å². The minimum absolute atomic E-state index is 0.0867. The number of phenols is 2. The van der Waals surface area contributed by atoms with E-state index < -0.39 is 11.9 Å². The van der Waals surface area contributed by atoms with Crippen LogP contribution in [0.25, 0.3) is 10.8 Å². The first-order valence-corrected chi connectivity index (χ1v) is 11.1. The molecule has 0 fully saturated rings. The van der Waals surface area contributed by atoms with Crippen molar-refractivity contribution in [3.63, 3.8) is 0 Å². The minimum Gasteiger partial charge on any atom is -0.507 e. The lowest BCUT2D eigenvalue weighted by Gasteiger charge is -2.12. The van der Waals surface area contributed by atoms with Crippen LogP contribution in [-0.2, 0) is 17.8 Å². The molecule has 0 spiro atoms. The second-order valence-corrected chi connectivity index (χ2v) is 8.79. The number of fused-ring (bicyclic) bond motifs is 1. The van der Waals surface area contributed by atoms with Gasteiger partial charge in [-0.05, 0) is 81.6 Å². The highest BCUT2D eigenvalue weighted by atomic mass is 127. The van der Waals surface area contributed by atoms with Gasteiger partial charge < -0.3 is 20.1 Å². The van der Waals surface area contributed by atoms with Crippen LogP contribution in [-0.4, -0.2) is 27.3 Å². The Kier molecular flexibility index (Phi) is 6.50. The molecule has 0 heterocycles. The molecule has 4 rings (SSSR count). The van der Waals surface area contributed by atoms with Crippen molar-refractivity contribution in [1.82, 2.24) is 0 Å². The number of benzene rings is 4. The van der Waals surface area contributed by atoms with Crippen LogP contribution >= 0.6 is 22.6 Å². The van der Waals surface area contributed by atoms with Crippen LogP contribution in [0.4, 0.5) is 0 Å². The Hall–Kier alpha value is -3.59. The molecule has 0 bridgehead atoms. The summed E-state index contributed by atoms with van der Waals surface area (Å²) in [5.41, 5.74) is 2.31. The highest BCUT2D eigenvalue weighted by Crippen LogP contribution is 2.37. The van der Waals surface area contributed by atoms with Crippen LogP contribution in [0, 0.1) is 3.57 Å². The number of aromatic hydroxyl groups is 2. The number of carbonyl (C=O) groups is 2. The zero-order valence-corrected chi connectivity index (χ0v) is 19.4. The molecule has 0 aliphatic rings. The molecule has 0 aliphatic heterocycles. The van der Waals surface area contributed by atoms with Crippen LogP contribution < -0.4 is 0 Å². The molecule has 0 atom stereocenters. The predicted octanol–water partition coefficient (Wildman–Crippen LogP) is 5.50. The third-order valence-electron chi connectivity index (χ3n) is 5.30. The minimum atomic E-state index is -1.03. The van der Waals surface area contributed by atoms with E-state index >= 15 is 0 Å². The second kappa shape index (κ2) is 9.50. The molecule has 4 aromatic rings. The van der Waals surface area contributed by atoms with Crippen molar-refractivity contribution in [2.24, 2.45) is 0 Å². The van der Waals surface area contributed by atoms with Gasteiger partial charge in [0.15, 0.2) is 0 Å². The van der Waals surface area contributed by atoms with Gasteiger partial charge in [0, 0.05) is 20.9 Å². The summed E-state index contributed by atoms with van der Waals surface area (Å²) in [6.45, 7) is 0.132. The fourth-order valence-electron chi connectivity index (χ4n) is 3.49. The van der Waals surface area contributed by atoms with Crippen LogP contribution in [0.5, 0.6) is 11.5 Å². The fourth-order valence-corrected chi connectivity index (χ4v) is 3.85. The van der Waals surface area contributed by atoms with E-state index in [0.717, 1.165) is 14.7 Å². The van der Waals surface area contributed by atoms with E-state index in [-0.39, 0.29) is 41.2 Å². The highest BCUT2D eigenvalue weighted by molar-refractivity contribution is 14.1. The summed E-state index contributed by atoms with van der Waals surface area (Å²) in [6, 6.07) is 20.1. The molecule has 0 amide bonds. The third kappa shape index (κ3) is 5.09. The lowest BCUT2D eigenvalue weighted by atomic mass is 9.97. The molecule has 0 aromatic heterocycles. The molecule has 7 heteroatoms. The summed E-state index contributed by atoms with van der Waals surface area (Å²) in [7, 11) is 0. The Bertz CT molecular complexity index is 1340. The lowest BCUT2D eigenvalue weighted by Crippen LogP contribution is -2.05. The van der Waals surface area contributed by atoms with E-state index in [1.807, 2.05) is 24.3 Å². The molecule has 33 heavy (non-hydrogen) atoms. The fraction of sp³-hybridized carbons (Fsp3) is 0.0769. The molecule has 4 aromatic carbocycles. The number of carbonyl (C=O) groups excluding carboxylic acids is 1. The molecule has 0 saturated carbocycles. The van der Waals surface area contributed by atoms with Gasteiger partial charge in [0.2, 0.25) is 0 Å². The number of halogens is 1. The summed E-state index contributed by atoms with van der Waals surface area (Å²) in [4.78, 5) is 23.6. The number of esters is 1. The standard InChI is InChI=1S/C26H19IO6/c27-20-9-3-16(4-10-20)14-33-26(32)19-8-7-18-13-23(28)22(24(29)21(18)12-19)11-15-1-5-17(6-2-15)25(30)31/h1-10,12-13,28-29H,11,14H2,(H,30,31). The van der Waals surface area contributed by atoms with Gasteiger partial charge in [0.05, 0.1) is 11.1 Å². The Balaban J connectivity index is 1.59. The molecule has 0 aliphatic carbocycles. The molecule has 0 saturated heterocycles. The lowest BCUT2D eigenvalue weighted by molar-refractivity contribution is 0.0472. The van der Waals surface area contributed by atoms with Gasteiger partial charge in [-0.25, -0.2) is 9.59 Å². The van der Waals surface area contributed by atoms with Crippen molar-refractivity contribution in [2.45, 2.75) is 13.0 Å². The summed E-state index contributed by atoms with van der Waals surface area (Å²) in [5, 5.41) is 31.3. The van der Waals surface area contributed by atoms with Crippen molar-refractivity contribution < 1.29 is 29.6 Å². The van der Waals surface area contributed by atoms with Gasteiger partial charge in [-0.1, -0.05) is 30.3 Å². The average Bonchev–Trinajstić information content (AvgIpc) is 2.81. The molecular weight excluding hydrogens is 535 g/mol. The summed E-state index contributed by atoms with van der Waals surface area (Å²) in [5.74, 6) is -1.77. The number of hydrogen-bond acceptors (Lipinski definition) is 5. The molecular formula is C26H19IO6. The van der Waals surface area contributed by atoms with E-state index in [2.05, 4.69) is 22.6 Å². The summed E-state index contributed by atoms with van der Waals surface area (Å²) < 4.78 is 6.49. The largest absolute Gasteiger partial charge is 0.507 e. The first kappa shape index (κ1) is 22.6. The number of rotatable bonds is 6. The maximum atomic E-state index is 12.6. The van der Waals surface area contributed by atoms with E-state index in [9.17, 15) is 19.8 Å². The topological polar surface area (TPSA) is 104 Å². The zero-order valence-electron chi connectivity index (χ0n) is 17.3. The quantitative estimate of drug-likeness (QED) is 0.215. The Labute approximate surface area is 203 Å². The first-order chi connectivity index (χ1) is 15.8. The van der Waals surface area contributed by atoms with Crippen molar-refractivity contribution in [3.05, 3.63) is 104 Å². The maximum absolute atomic E-state index is 12.6. The van der Waals surface area contributed by atoms with Gasteiger partial charge in [0.25, 0.3) is 0 Å². The zero-order chi connectivity index (χ0) is 23.5. The molecule has 0 radical (unpaired) electrons. The van der Waals surface area contributed by atoms with Crippen LogP contribution in [0.15, 0.2) is 72.8 Å². The van der Waals surface area contributed by atoms with E-state index in [4.69, 9.17) is 9.84 Å². The van der Waals surface area contributed by atoms with Crippen LogP contribution in [0.2, 0.25) is 0 Å². The van der Waals surface area contributed by atoms with E-state index in [1.54, 1.807) is 24.3 Å². The SMILES string of the molecule is O=C(O)c1ccc(Cc2c(O)cc3ccc(C(=O)OCc4ccc(I)cc4)cc3c2O)cc1. The highest BCUT2D eigenvalue weighted by Gasteiger charge is 2.16. The van der Waals surface area contributed by atoms with Crippen molar-refractivity contribution in [3.8, 4) is 11.5 Å². The van der Waals surface area contributed by atoms with Crippen LogP contribution in [0.3, 0.4) is 0 Å². The van der Waals surface area contributed by atoms with Gasteiger partial charge in [-0.2, -0.15) is 0 Å². The third-order valence-corrected chi connectivity index (χ3v) is 6.02. The Morgan fingerprint density at radius 1 is 0.818 bits per heavy atom. The Morgan fingerprint density at radius 2 is 1.45 bits per heavy atom. The van der Waals surface area contributed by atoms with Crippen molar-refractivity contribution >= 4 is 45.3 Å². The van der Waals surface area contributed by atoms with Crippen LogP contribution in [0.1, 0.15) is 37.4 Å². The normalized spacial score (nSPS) is 10.8. The number of aromatic carboxylic acids is 1. The van der Waals surface area contributed by atoms with E-state index in [1.165, 1.54) is 24.3 Å². The van der Waals surface area contributed by atoms with Gasteiger partial charge in [-0.3, -0.25) is 0 Å². The number of carboxylic acids is 1. The maximum Gasteiger partial charge on any atom is 0.338 e. The van der Waals surface area contributed by atoms with E-state index in [0.29, 0.717) is 10.8 Å². The molecule has 0 unspecified atom stereocenters. The smallest absolute Gasteiger partial charge is 0.338 e. The van der Waals surface area contributed by atoms with Gasteiger partial charge in [-0.15, -0.1) is 0 Å². The number of ether oxygens (including phenoxy) is 1. The number of phenolic OH excluding ortho intramolecular Hbond substituents is 2.